The van der Waals surface area contributed by atoms with Gasteiger partial charge in [-0.05, 0) is 50.9 Å². The Kier molecular flexibility index (Phi) is 6.73. The zero-order valence-corrected chi connectivity index (χ0v) is 12.2. The van der Waals surface area contributed by atoms with Crippen LogP contribution in [-0.2, 0) is 6.54 Å². The molecule has 1 aromatic rings. The molecule has 0 aliphatic heterocycles. The third-order valence-corrected chi connectivity index (χ3v) is 3.32. The van der Waals surface area contributed by atoms with Crippen LogP contribution in [-0.4, -0.2) is 24.1 Å². The van der Waals surface area contributed by atoms with Gasteiger partial charge in [-0.2, -0.15) is 0 Å². The second kappa shape index (κ2) is 8.09. The number of hydrogen-bond acceptors (Lipinski definition) is 3. The number of pyridine rings is 1. The summed E-state index contributed by atoms with van der Waals surface area (Å²) < 4.78 is 0. The van der Waals surface area contributed by atoms with E-state index in [1.807, 2.05) is 6.20 Å². The van der Waals surface area contributed by atoms with E-state index in [4.69, 9.17) is 0 Å². The molecule has 0 radical (unpaired) electrons. The van der Waals surface area contributed by atoms with Gasteiger partial charge in [0, 0.05) is 25.3 Å². The molecule has 1 N–H and O–H groups in total. The van der Waals surface area contributed by atoms with Crippen molar-refractivity contribution in [2.75, 3.05) is 18.0 Å². The quantitative estimate of drug-likeness (QED) is 0.717. The van der Waals surface area contributed by atoms with E-state index in [1.165, 1.54) is 12.0 Å². The Morgan fingerprint density at radius 1 is 1.33 bits per heavy atom. The van der Waals surface area contributed by atoms with Gasteiger partial charge in [0.25, 0.3) is 0 Å². The molecule has 1 heterocycles. The van der Waals surface area contributed by atoms with Crippen molar-refractivity contribution < 1.29 is 0 Å². The molecule has 102 valence electrons. The fourth-order valence-electron chi connectivity index (χ4n) is 2.06. The van der Waals surface area contributed by atoms with Gasteiger partial charge in [-0.1, -0.05) is 13.8 Å². The van der Waals surface area contributed by atoms with E-state index in [0.29, 0.717) is 6.04 Å². The Labute approximate surface area is 112 Å². The van der Waals surface area contributed by atoms with Gasteiger partial charge in [-0.15, -0.1) is 0 Å². The second-order valence-corrected chi connectivity index (χ2v) is 4.74. The molecule has 1 rings (SSSR count). The van der Waals surface area contributed by atoms with Crippen molar-refractivity contribution in [1.29, 1.82) is 0 Å². The van der Waals surface area contributed by atoms with Gasteiger partial charge < -0.3 is 10.2 Å². The highest BCUT2D eigenvalue weighted by Gasteiger charge is 2.12. The van der Waals surface area contributed by atoms with E-state index in [2.05, 4.69) is 55.0 Å². The van der Waals surface area contributed by atoms with Crippen molar-refractivity contribution in [3.63, 3.8) is 0 Å². The van der Waals surface area contributed by atoms with Crippen molar-refractivity contribution in [2.45, 2.75) is 53.1 Å². The summed E-state index contributed by atoms with van der Waals surface area (Å²) in [7, 11) is 0. The van der Waals surface area contributed by atoms with Crippen molar-refractivity contribution in [1.82, 2.24) is 10.3 Å². The van der Waals surface area contributed by atoms with Crippen LogP contribution in [0.15, 0.2) is 18.3 Å². The summed E-state index contributed by atoms with van der Waals surface area (Å²) in [4.78, 5) is 6.87. The van der Waals surface area contributed by atoms with E-state index < -0.39 is 0 Å². The van der Waals surface area contributed by atoms with Crippen LogP contribution in [0.3, 0.4) is 0 Å². The summed E-state index contributed by atoms with van der Waals surface area (Å²) in [6.07, 6.45) is 4.24. The first-order valence-electron chi connectivity index (χ1n) is 7.15. The van der Waals surface area contributed by atoms with Crippen LogP contribution in [0.2, 0.25) is 0 Å². The lowest BCUT2D eigenvalue weighted by molar-refractivity contribution is 0.621. The largest absolute Gasteiger partial charge is 0.354 e. The number of anilines is 1. The van der Waals surface area contributed by atoms with Gasteiger partial charge in [0.15, 0.2) is 0 Å². The summed E-state index contributed by atoms with van der Waals surface area (Å²) in [5.74, 6) is 1.10. The summed E-state index contributed by atoms with van der Waals surface area (Å²) in [6.45, 7) is 11.9. The highest BCUT2D eigenvalue weighted by molar-refractivity contribution is 5.41. The third-order valence-electron chi connectivity index (χ3n) is 3.32. The number of hydrogen-bond donors (Lipinski definition) is 1. The lowest BCUT2D eigenvalue weighted by Gasteiger charge is -2.28. The zero-order chi connectivity index (χ0) is 13.4. The molecule has 0 aromatic carbocycles. The highest BCUT2D eigenvalue weighted by Crippen LogP contribution is 2.16. The topological polar surface area (TPSA) is 28.2 Å². The summed E-state index contributed by atoms with van der Waals surface area (Å²) in [5, 5.41) is 3.43. The molecule has 18 heavy (non-hydrogen) atoms. The fourth-order valence-corrected chi connectivity index (χ4v) is 2.06. The lowest BCUT2D eigenvalue weighted by atomic mass is 10.2. The summed E-state index contributed by atoms with van der Waals surface area (Å²) in [5.41, 5.74) is 1.32. The van der Waals surface area contributed by atoms with Gasteiger partial charge >= 0.3 is 0 Å². The SMILES string of the molecule is CCCNCc1ccnc(N(CC)C(C)CC)c1. The number of rotatable bonds is 8. The molecule has 1 unspecified atom stereocenters. The van der Waals surface area contributed by atoms with Crippen LogP contribution in [0.1, 0.15) is 46.1 Å². The molecule has 0 aliphatic carbocycles. The second-order valence-electron chi connectivity index (χ2n) is 4.74. The first-order chi connectivity index (χ1) is 8.72. The lowest BCUT2D eigenvalue weighted by Crippen LogP contribution is -2.33. The molecule has 3 nitrogen and oxygen atoms in total. The first-order valence-corrected chi connectivity index (χ1v) is 7.15. The molecule has 0 saturated carbocycles. The maximum atomic E-state index is 4.51. The van der Waals surface area contributed by atoms with Crippen LogP contribution >= 0.6 is 0 Å². The Bertz CT molecular complexity index is 338. The van der Waals surface area contributed by atoms with E-state index in [0.717, 1.165) is 31.9 Å². The molecule has 1 atom stereocenters. The molecule has 0 fully saturated rings. The highest BCUT2D eigenvalue weighted by atomic mass is 15.2. The van der Waals surface area contributed by atoms with E-state index >= 15 is 0 Å². The summed E-state index contributed by atoms with van der Waals surface area (Å²) >= 11 is 0. The molecule has 1 aromatic heterocycles. The molecule has 0 bridgehead atoms. The minimum Gasteiger partial charge on any atom is -0.354 e. The Balaban J connectivity index is 2.73. The minimum absolute atomic E-state index is 0.543. The molecule has 0 amide bonds. The van der Waals surface area contributed by atoms with Crippen LogP contribution in [0.25, 0.3) is 0 Å². The van der Waals surface area contributed by atoms with Crippen molar-refractivity contribution in [2.24, 2.45) is 0 Å². The van der Waals surface area contributed by atoms with E-state index in [9.17, 15) is 0 Å². The Hall–Kier alpha value is -1.09. The van der Waals surface area contributed by atoms with Gasteiger partial charge in [0.05, 0.1) is 0 Å². The average Bonchev–Trinajstić information content (AvgIpc) is 2.40. The van der Waals surface area contributed by atoms with Crippen molar-refractivity contribution >= 4 is 5.82 Å². The van der Waals surface area contributed by atoms with Gasteiger partial charge in [0.1, 0.15) is 5.82 Å². The first kappa shape index (κ1) is 15.0. The molecule has 3 heteroatoms. The maximum absolute atomic E-state index is 4.51. The molecular weight excluding hydrogens is 222 g/mol. The van der Waals surface area contributed by atoms with Crippen molar-refractivity contribution in [3.05, 3.63) is 23.9 Å². The van der Waals surface area contributed by atoms with Crippen LogP contribution in [0, 0.1) is 0 Å². The third kappa shape index (κ3) is 4.30. The molecular formula is C15H27N3. The predicted molar refractivity (Wildman–Crippen MR) is 79.0 cm³/mol. The molecule has 0 spiro atoms. The standard InChI is InChI=1S/C15H27N3/c1-5-9-16-12-14-8-10-17-15(11-14)18(7-3)13(4)6-2/h8,10-11,13,16H,5-7,9,12H2,1-4H3. The monoisotopic (exact) mass is 249 g/mol. The number of nitrogens with one attached hydrogen (secondary N) is 1. The Morgan fingerprint density at radius 2 is 2.11 bits per heavy atom. The number of nitrogens with zero attached hydrogens (tertiary/aromatic N) is 2. The summed E-state index contributed by atoms with van der Waals surface area (Å²) in [6, 6.07) is 4.84. The zero-order valence-electron chi connectivity index (χ0n) is 12.2. The normalized spacial score (nSPS) is 12.4. The van der Waals surface area contributed by atoms with E-state index in [1.54, 1.807) is 0 Å². The Morgan fingerprint density at radius 3 is 2.72 bits per heavy atom. The number of aromatic nitrogens is 1. The van der Waals surface area contributed by atoms with E-state index in [-0.39, 0.29) is 0 Å². The van der Waals surface area contributed by atoms with Crippen LogP contribution in [0.4, 0.5) is 5.82 Å². The van der Waals surface area contributed by atoms with Crippen LogP contribution < -0.4 is 10.2 Å². The van der Waals surface area contributed by atoms with Gasteiger partial charge in [-0.25, -0.2) is 4.98 Å². The molecule has 0 aliphatic rings. The fraction of sp³-hybridized carbons (Fsp3) is 0.667. The van der Waals surface area contributed by atoms with Crippen LogP contribution in [0.5, 0.6) is 0 Å². The van der Waals surface area contributed by atoms with Crippen molar-refractivity contribution in [3.8, 4) is 0 Å². The molecule has 0 saturated heterocycles. The van der Waals surface area contributed by atoms with Gasteiger partial charge in [-0.3, -0.25) is 0 Å². The smallest absolute Gasteiger partial charge is 0.129 e. The maximum Gasteiger partial charge on any atom is 0.129 e. The predicted octanol–water partition coefficient (Wildman–Crippen LogP) is 3.21. The average molecular weight is 249 g/mol. The van der Waals surface area contributed by atoms with Gasteiger partial charge in [0.2, 0.25) is 0 Å². The minimum atomic E-state index is 0.543.